The van der Waals surface area contributed by atoms with Gasteiger partial charge < -0.3 is 4.74 Å². The highest BCUT2D eigenvalue weighted by Crippen LogP contribution is 2.07. The zero-order chi connectivity index (χ0) is 12.6. The lowest BCUT2D eigenvalue weighted by molar-refractivity contribution is 0.118. The lowest BCUT2D eigenvalue weighted by Gasteiger charge is -2.04. The van der Waals surface area contributed by atoms with Gasteiger partial charge in [0.25, 0.3) is 0 Å². The minimum absolute atomic E-state index is 0.517. The van der Waals surface area contributed by atoms with Crippen LogP contribution in [0.25, 0.3) is 0 Å². The largest absolute Gasteiger partial charge is 0.377 e. The molecule has 0 aliphatic rings. The first-order chi connectivity index (χ1) is 8.84. The zero-order valence-corrected chi connectivity index (χ0v) is 10.9. The van der Waals surface area contributed by atoms with Crippen molar-refractivity contribution in [2.24, 2.45) is 0 Å². The van der Waals surface area contributed by atoms with Gasteiger partial charge in [-0.05, 0) is 30.0 Å². The van der Waals surface area contributed by atoms with E-state index in [9.17, 15) is 0 Å². The third kappa shape index (κ3) is 4.47. The number of benzene rings is 1. The lowest BCUT2D eigenvalue weighted by atomic mass is 10.1. The Hall–Kier alpha value is -1.38. The van der Waals surface area contributed by atoms with Crippen LogP contribution in [0.5, 0.6) is 0 Å². The van der Waals surface area contributed by atoms with Crippen molar-refractivity contribution in [2.75, 3.05) is 6.61 Å². The molecule has 1 aromatic carbocycles. The third-order valence-corrected chi connectivity index (χ3v) is 2.88. The first-order valence-corrected chi connectivity index (χ1v) is 6.44. The molecule has 2 aromatic rings. The second-order valence-corrected chi connectivity index (χ2v) is 4.52. The predicted octanol–water partition coefficient (Wildman–Crippen LogP) is 3.88. The Morgan fingerprint density at radius 1 is 1.00 bits per heavy atom. The number of aryl methyl sites for hydroxylation is 1. The maximum absolute atomic E-state index is 5.71. The summed E-state index contributed by atoms with van der Waals surface area (Å²) in [5.74, 6) is 0. The monoisotopic (exact) mass is 261 g/mol. The molecule has 0 aliphatic carbocycles. The Balaban J connectivity index is 1.63. The topological polar surface area (TPSA) is 22.1 Å². The molecular formula is C15H16ClNO. The second-order valence-electron chi connectivity index (χ2n) is 4.13. The van der Waals surface area contributed by atoms with E-state index in [2.05, 4.69) is 29.2 Å². The van der Waals surface area contributed by atoms with Crippen molar-refractivity contribution in [3.8, 4) is 0 Å². The molecular weight excluding hydrogens is 246 g/mol. The molecule has 0 amide bonds. The average Bonchev–Trinajstić information content (AvgIpc) is 2.42. The minimum Gasteiger partial charge on any atom is -0.377 e. The molecule has 0 atom stereocenters. The van der Waals surface area contributed by atoms with E-state index in [1.807, 2.05) is 12.1 Å². The van der Waals surface area contributed by atoms with Gasteiger partial charge in [0.2, 0.25) is 0 Å². The SMILES string of the molecule is Clc1ccc(COCCCc2ccccc2)cn1. The molecule has 18 heavy (non-hydrogen) atoms. The van der Waals surface area contributed by atoms with Crippen molar-refractivity contribution < 1.29 is 4.74 Å². The van der Waals surface area contributed by atoms with Crippen LogP contribution in [0.4, 0.5) is 0 Å². The Labute approximate surface area is 113 Å². The summed E-state index contributed by atoms with van der Waals surface area (Å²) in [6.45, 7) is 1.36. The molecule has 3 heteroatoms. The van der Waals surface area contributed by atoms with Gasteiger partial charge in [-0.15, -0.1) is 0 Å². The van der Waals surface area contributed by atoms with E-state index < -0.39 is 0 Å². The highest BCUT2D eigenvalue weighted by Gasteiger charge is 1.96. The van der Waals surface area contributed by atoms with Gasteiger partial charge in [-0.1, -0.05) is 48.0 Å². The van der Waals surface area contributed by atoms with Gasteiger partial charge in [0.15, 0.2) is 0 Å². The van der Waals surface area contributed by atoms with Crippen molar-refractivity contribution in [3.05, 3.63) is 64.9 Å². The summed E-state index contributed by atoms with van der Waals surface area (Å²) >= 11 is 5.71. The van der Waals surface area contributed by atoms with Gasteiger partial charge in [-0.2, -0.15) is 0 Å². The van der Waals surface area contributed by atoms with Gasteiger partial charge in [-0.3, -0.25) is 0 Å². The number of halogens is 1. The quantitative estimate of drug-likeness (QED) is 0.581. The number of hydrogen-bond acceptors (Lipinski definition) is 2. The van der Waals surface area contributed by atoms with E-state index in [0.29, 0.717) is 11.8 Å². The van der Waals surface area contributed by atoms with Crippen LogP contribution in [-0.2, 0) is 17.8 Å². The first kappa shape index (κ1) is 13.1. The molecule has 2 rings (SSSR count). The van der Waals surface area contributed by atoms with Gasteiger partial charge in [-0.25, -0.2) is 4.98 Å². The van der Waals surface area contributed by atoms with E-state index in [4.69, 9.17) is 16.3 Å². The van der Waals surface area contributed by atoms with E-state index in [-0.39, 0.29) is 0 Å². The van der Waals surface area contributed by atoms with Crippen LogP contribution < -0.4 is 0 Å². The normalized spacial score (nSPS) is 10.5. The molecule has 0 spiro atoms. The van der Waals surface area contributed by atoms with E-state index in [0.717, 1.165) is 25.0 Å². The highest BCUT2D eigenvalue weighted by molar-refractivity contribution is 6.29. The maximum Gasteiger partial charge on any atom is 0.129 e. The van der Waals surface area contributed by atoms with Crippen molar-refractivity contribution >= 4 is 11.6 Å². The molecule has 0 aliphatic heterocycles. The van der Waals surface area contributed by atoms with Gasteiger partial charge in [0.1, 0.15) is 5.15 Å². The molecule has 0 saturated carbocycles. The van der Waals surface area contributed by atoms with Gasteiger partial charge in [0, 0.05) is 12.8 Å². The summed E-state index contributed by atoms with van der Waals surface area (Å²) < 4.78 is 5.60. The van der Waals surface area contributed by atoms with Crippen LogP contribution in [-0.4, -0.2) is 11.6 Å². The minimum atomic E-state index is 0.517. The zero-order valence-electron chi connectivity index (χ0n) is 10.2. The molecule has 1 aromatic heterocycles. The molecule has 0 fully saturated rings. The van der Waals surface area contributed by atoms with Crippen LogP contribution in [0, 0.1) is 0 Å². The molecule has 0 saturated heterocycles. The number of ether oxygens (including phenoxy) is 1. The number of pyridine rings is 1. The van der Waals surface area contributed by atoms with E-state index in [1.165, 1.54) is 5.56 Å². The van der Waals surface area contributed by atoms with Crippen LogP contribution in [0.15, 0.2) is 48.7 Å². The second kappa shape index (κ2) is 7.14. The first-order valence-electron chi connectivity index (χ1n) is 6.07. The van der Waals surface area contributed by atoms with Gasteiger partial charge >= 0.3 is 0 Å². The fourth-order valence-electron chi connectivity index (χ4n) is 1.70. The number of aromatic nitrogens is 1. The number of hydrogen-bond donors (Lipinski definition) is 0. The predicted molar refractivity (Wildman–Crippen MR) is 73.7 cm³/mol. The molecule has 0 N–H and O–H groups in total. The molecule has 94 valence electrons. The Kier molecular flexibility index (Phi) is 5.18. The fraction of sp³-hybridized carbons (Fsp3) is 0.267. The molecule has 0 unspecified atom stereocenters. The number of rotatable bonds is 6. The van der Waals surface area contributed by atoms with E-state index in [1.54, 1.807) is 12.3 Å². The Morgan fingerprint density at radius 2 is 1.83 bits per heavy atom. The summed E-state index contributed by atoms with van der Waals surface area (Å²) in [6, 6.07) is 14.2. The fourth-order valence-corrected chi connectivity index (χ4v) is 1.82. The van der Waals surface area contributed by atoms with Crippen molar-refractivity contribution in [3.63, 3.8) is 0 Å². The maximum atomic E-state index is 5.71. The third-order valence-electron chi connectivity index (χ3n) is 2.65. The molecule has 0 radical (unpaired) electrons. The van der Waals surface area contributed by atoms with Crippen LogP contribution >= 0.6 is 11.6 Å². The van der Waals surface area contributed by atoms with Gasteiger partial charge in [0.05, 0.1) is 6.61 Å². The van der Waals surface area contributed by atoms with Crippen LogP contribution in [0.1, 0.15) is 17.5 Å². The smallest absolute Gasteiger partial charge is 0.129 e. The van der Waals surface area contributed by atoms with Crippen LogP contribution in [0.2, 0.25) is 5.15 Å². The summed E-state index contributed by atoms with van der Waals surface area (Å²) in [7, 11) is 0. The summed E-state index contributed by atoms with van der Waals surface area (Å²) in [4.78, 5) is 4.01. The number of nitrogens with zero attached hydrogens (tertiary/aromatic N) is 1. The highest BCUT2D eigenvalue weighted by atomic mass is 35.5. The van der Waals surface area contributed by atoms with Crippen molar-refractivity contribution in [2.45, 2.75) is 19.4 Å². The standard InChI is InChI=1S/C15H16ClNO/c16-15-9-8-14(11-17-15)12-18-10-4-7-13-5-2-1-3-6-13/h1-3,5-6,8-9,11H,4,7,10,12H2. The summed E-state index contributed by atoms with van der Waals surface area (Å²) in [5.41, 5.74) is 2.41. The van der Waals surface area contributed by atoms with Crippen molar-refractivity contribution in [1.29, 1.82) is 0 Å². The molecule has 2 nitrogen and oxygen atoms in total. The lowest BCUT2D eigenvalue weighted by Crippen LogP contribution is -1.98. The summed E-state index contributed by atoms with van der Waals surface area (Å²) in [5, 5.41) is 0.517. The molecule has 1 heterocycles. The van der Waals surface area contributed by atoms with E-state index >= 15 is 0 Å². The Morgan fingerprint density at radius 3 is 2.56 bits per heavy atom. The van der Waals surface area contributed by atoms with Crippen LogP contribution in [0.3, 0.4) is 0 Å². The Bertz CT molecular complexity index is 456. The molecule has 0 bridgehead atoms. The average molecular weight is 262 g/mol. The van der Waals surface area contributed by atoms with Crippen molar-refractivity contribution in [1.82, 2.24) is 4.98 Å². The summed E-state index contributed by atoms with van der Waals surface area (Å²) in [6.07, 6.45) is 3.84.